The molecule has 0 spiro atoms. The van der Waals surface area contributed by atoms with Crippen LogP contribution in [0.5, 0.6) is 5.75 Å². The molecule has 1 aliphatic carbocycles. The number of amides is 2. The third-order valence-corrected chi connectivity index (χ3v) is 7.21. The summed E-state index contributed by atoms with van der Waals surface area (Å²) in [5.74, 6) is 0.463. The highest BCUT2D eigenvalue weighted by Crippen LogP contribution is 2.35. The van der Waals surface area contributed by atoms with Gasteiger partial charge in [-0.2, -0.15) is 13.2 Å². The predicted octanol–water partition coefficient (Wildman–Crippen LogP) is 4.88. The molecule has 0 radical (unpaired) electrons. The largest absolute Gasteiger partial charge is 0.484 e. The minimum Gasteiger partial charge on any atom is -0.484 e. The van der Waals surface area contributed by atoms with E-state index in [-0.39, 0.29) is 36.2 Å². The molecule has 1 aliphatic heterocycles. The molecular formula is C30H32F3N5O3. The smallest absolute Gasteiger partial charge is 0.416 e. The number of aromatic nitrogens is 1. The van der Waals surface area contributed by atoms with Crippen molar-refractivity contribution in [2.24, 2.45) is 5.92 Å². The SMILES string of the molecule is CN1CCN(Cc2ccc(NC(=O)COc3ccc(-c4ccc(NC(=O)C5CC5)nc4)cc3)cc2C(F)(F)F)CC1. The Morgan fingerprint density at radius 1 is 0.951 bits per heavy atom. The summed E-state index contributed by atoms with van der Waals surface area (Å²) in [7, 11) is 1.99. The maximum Gasteiger partial charge on any atom is 0.416 e. The molecule has 0 bridgehead atoms. The molecule has 2 aliphatic rings. The van der Waals surface area contributed by atoms with E-state index < -0.39 is 17.6 Å². The fraction of sp³-hybridized carbons (Fsp3) is 0.367. The van der Waals surface area contributed by atoms with Crippen molar-refractivity contribution in [2.45, 2.75) is 25.6 Å². The number of ether oxygens (including phenoxy) is 1. The first-order valence-corrected chi connectivity index (χ1v) is 13.5. The molecule has 3 aromatic rings. The average molecular weight is 568 g/mol. The van der Waals surface area contributed by atoms with Gasteiger partial charge in [0.25, 0.3) is 5.91 Å². The van der Waals surface area contributed by atoms with Crippen LogP contribution in [0.4, 0.5) is 24.7 Å². The van der Waals surface area contributed by atoms with E-state index in [2.05, 4.69) is 20.5 Å². The van der Waals surface area contributed by atoms with Crippen LogP contribution in [-0.2, 0) is 22.3 Å². The van der Waals surface area contributed by atoms with Crippen LogP contribution in [-0.4, -0.2) is 66.4 Å². The molecule has 1 aromatic heterocycles. The molecule has 11 heteroatoms. The first kappa shape index (κ1) is 28.6. The molecule has 1 saturated carbocycles. The summed E-state index contributed by atoms with van der Waals surface area (Å²) >= 11 is 0. The maximum atomic E-state index is 13.8. The number of hydrogen-bond acceptors (Lipinski definition) is 6. The van der Waals surface area contributed by atoms with E-state index >= 15 is 0 Å². The van der Waals surface area contributed by atoms with Gasteiger partial charge in [0.1, 0.15) is 11.6 Å². The van der Waals surface area contributed by atoms with Gasteiger partial charge in [0.15, 0.2) is 6.61 Å². The Morgan fingerprint density at radius 2 is 1.66 bits per heavy atom. The topological polar surface area (TPSA) is 86.8 Å². The Hall–Kier alpha value is -3.96. The summed E-state index contributed by atoms with van der Waals surface area (Å²) in [5, 5.41) is 5.31. The van der Waals surface area contributed by atoms with Crippen molar-refractivity contribution in [1.29, 1.82) is 0 Å². The van der Waals surface area contributed by atoms with Crippen molar-refractivity contribution in [3.05, 3.63) is 71.9 Å². The van der Waals surface area contributed by atoms with Crippen LogP contribution in [0.2, 0.25) is 0 Å². The van der Waals surface area contributed by atoms with Gasteiger partial charge in [-0.3, -0.25) is 14.5 Å². The quantitative estimate of drug-likeness (QED) is 0.383. The Balaban J connectivity index is 1.14. The van der Waals surface area contributed by atoms with Gasteiger partial charge in [-0.1, -0.05) is 18.2 Å². The minimum absolute atomic E-state index is 0.00481. The summed E-state index contributed by atoms with van der Waals surface area (Å²) in [4.78, 5) is 32.8. The number of halogens is 3. The standard InChI is InChI=1S/C30H32F3N5O3/c1-37-12-14-38(15-13-37)18-23-4-8-24(16-26(23)30(31,32)33)35-28(39)19-41-25-9-5-20(6-10-25)22-7-11-27(34-17-22)36-29(40)21-2-3-21/h4-11,16-17,21H,2-3,12-15,18-19H2,1H3,(H,35,39)(H,34,36,40). The molecular weight excluding hydrogens is 535 g/mol. The number of carbonyl (C=O) groups excluding carboxylic acids is 2. The number of rotatable bonds is 9. The predicted molar refractivity (Wildman–Crippen MR) is 149 cm³/mol. The van der Waals surface area contributed by atoms with Gasteiger partial charge in [-0.25, -0.2) is 4.98 Å². The monoisotopic (exact) mass is 567 g/mol. The van der Waals surface area contributed by atoms with Crippen molar-refractivity contribution in [3.63, 3.8) is 0 Å². The first-order chi connectivity index (χ1) is 19.6. The molecule has 5 rings (SSSR count). The second-order valence-corrected chi connectivity index (χ2v) is 10.5. The van der Waals surface area contributed by atoms with Gasteiger partial charge in [0.05, 0.1) is 5.56 Å². The van der Waals surface area contributed by atoms with E-state index in [4.69, 9.17) is 4.74 Å². The zero-order valence-electron chi connectivity index (χ0n) is 22.7. The van der Waals surface area contributed by atoms with Crippen molar-refractivity contribution in [3.8, 4) is 16.9 Å². The Morgan fingerprint density at radius 3 is 2.29 bits per heavy atom. The lowest BCUT2D eigenvalue weighted by atomic mass is 10.0. The molecule has 2 fully saturated rings. The molecule has 41 heavy (non-hydrogen) atoms. The number of piperazine rings is 1. The lowest BCUT2D eigenvalue weighted by Crippen LogP contribution is -2.44. The molecule has 2 aromatic carbocycles. The molecule has 8 nitrogen and oxygen atoms in total. The summed E-state index contributed by atoms with van der Waals surface area (Å²) in [6.45, 7) is 2.86. The zero-order chi connectivity index (χ0) is 29.0. The Kier molecular flexibility index (Phi) is 8.55. The zero-order valence-corrected chi connectivity index (χ0v) is 22.7. The summed E-state index contributed by atoms with van der Waals surface area (Å²) in [5.41, 5.74) is 1.21. The second kappa shape index (κ2) is 12.3. The Labute approximate surface area is 236 Å². The van der Waals surface area contributed by atoms with E-state index in [0.717, 1.165) is 43.1 Å². The second-order valence-electron chi connectivity index (χ2n) is 10.5. The normalized spacial score (nSPS) is 16.3. The molecule has 216 valence electrons. The van der Waals surface area contributed by atoms with Gasteiger partial charge in [-0.15, -0.1) is 0 Å². The van der Waals surface area contributed by atoms with Crippen molar-refractivity contribution in [1.82, 2.24) is 14.8 Å². The fourth-order valence-corrected chi connectivity index (χ4v) is 4.60. The highest BCUT2D eigenvalue weighted by atomic mass is 19.4. The number of nitrogens with one attached hydrogen (secondary N) is 2. The Bertz CT molecular complexity index is 1370. The molecule has 1 saturated heterocycles. The molecule has 2 N–H and O–H groups in total. The number of anilines is 2. The van der Waals surface area contributed by atoms with E-state index in [1.807, 2.05) is 18.0 Å². The van der Waals surface area contributed by atoms with Crippen molar-refractivity contribution >= 4 is 23.3 Å². The number of pyridine rings is 1. The van der Waals surface area contributed by atoms with Gasteiger partial charge >= 0.3 is 6.18 Å². The number of alkyl halides is 3. The third-order valence-electron chi connectivity index (χ3n) is 7.21. The lowest BCUT2D eigenvalue weighted by Gasteiger charge is -2.33. The number of likely N-dealkylation sites (N-methyl/N-ethyl adjacent to an activating group) is 1. The van der Waals surface area contributed by atoms with E-state index in [9.17, 15) is 22.8 Å². The first-order valence-electron chi connectivity index (χ1n) is 13.5. The van der Waals surface area contributed by atoms with Crippen molar-refractivity contribution < 1.29 is 27.5 Å². The highest BCUT2D eigenvalue weighted by molar-refractivity contribution is 5.93. The number of carbonyl (C=O) groups is 2. The van der Waals surface area contributed by atoms with Gasteiger partial charge in [-0.05, 0) is 67.4 Å². The lowest BCUT2D eigenvalue weighted by molar-refractivity contribution is -0.138. The summed E-state index contributed by atoms with van der Waals surface area (Å²) in [6, 6.07) is 14.5. The highest BCUT2D eigenvalue weighted by Gasteiger charge is 2.34. The molecule has 0 unspecified atom stereocenters. The van der Waals surface area contributed by atoms with Gasteiger partial charge in [0, 0.05) is 56.1 Å². The van der Waals surface area contributed by atoms with Crippen LogP contribution >= 0.6 is 0 Å². The molecule has 0 atom stereocenters. The maximum absolute atomic E-state index is 13.8. The van der Waals surface area contributed by atoms with Crippen LogP contribution in [0.1, 0.15) is 24.0 Å². The molecule has 2 amide bonds. The fourth-order valence-electron chi connectivity index (χ4n) is 4.60. The third kappa shape index (κ3) is 7.83. The summed E-state index contributed by atoms with van der Waals surface area (Å²) < 4.78 is 47.0. The average Bonchev–Trinajstić information content (AvgIpc) is 3.80. The van der Waals surface area contributed by atoms with Crippen LogP contribution in [0, 0.1) is 5.92 Å². The van der Waals surface area contributed by atoms with E-state index in [1.54, 1.807) is 36.5 Å². The number of hydrogen-bond donors (Lipinski definition) is 2. The van der Waals surface area contributed by atoms with Crippen LogP contribution in [0.15, 0.2) is 60.8 Å². The van der Waals surface area contributed by atoms with Crippen molar-refractivity contribution in [2.75, 3.05) is 50.5 Å². The van der Waals surface area contributed by atoms with Gasteiger partial charge < -0.3 is 20.3 Å². The summed E-state index contributed by atoms with van der Waals surface area (Å²) in [6.07, 6.45) is -1.04. The van der Waals surface area contributed by atoms with E-state index in [1.165, 1.54) is 12.1 Å². The van der Waals surface area contributed by atoms with Crippen LogP contribution in [0.25, 0.3) is 11.1 Å². The minimum atomic E-state index is -4.54. The van der Waals surface area contributed by atoms with Crippen LogP contribution < -0.4 is 15.4 Å². The van der Waals surface area contributed by atoms with Crippen LogP contribution in [0.3, 0.4) is 0 Å². The molecule has 2 heterocycles. The van der Waals surface area contributed by atoms with E-state index in [0.29, 0.717) is 24.7 Å². The van der Waals surface area contributed by atoms with Gasteiger partial charge in [0.2, 0.25) is 5.91 Å². The number of nitrogens with zero attached hydrogens (tertiary/aromatic N) is 3. The number of benzene rings is 2.